The SMILES string of the molecule is CCN(C)CC(CC[Si](CC)(OC)OC)(CN(C)CC)CN(C)CC. The fourth-order valence-electron chi connectivity index (χ4n) is 3.65. The molecule has 0 rings (SSSR count). The van der Waals surface area contributed by atoms with Gasteiger partial charge in [0.2, 0.25) is 0 Å². The molecule has 0 heterocycles. The molecule has 0 saturated heterocycles. The van der Waals surface area contributed by atoms with Gasteiger partial charge in [0.1, 0.15) is 0 Å². The molecule has 0 aromatic carbocycles. The molecule has 0 aromatic heterocycles. The summed E-state index contributed by atoms with van der Waals surface area (Å²) in [5.41, 5.74) is 0.227. The lowest BCUT2D eigenvalue weighted by Crippen LogP contribution is -2.51. The van der Waals surface area contributed by atoms with E-state index in [0.29, 0.717) is 0 Å². The van der Waals surface area contributed by atoms with Crippen molar-refractivity contribution in [1.82, 2.24) is 14.7 Å². The summed E-state index contributed by atoms with van der Waals surface area (Å²) in [5.74, 6) is 0. The second kappa shape index (κ2) is 12.4. The molecular formula is C19H45N3O2Si. The van der Waals surface area contributed by atoms with Crippen LogP contribution in [0, 0.1) is 5.41 Å². The molecule has 0 amide bonds. The van der Waals surface area contributed by atoms with Gasteiger partial charge in [-0.2, -0.15) is 0 Å². The van der Waals surface area contributed by atoms with Gasteiger partial charge >= 0.3 is 8.56 Å². The van der Waals surface area contributed by atoms with Crippen LogP contribution in [-0.4, -0.2) is 97.9 Å². The summed E-state index contributed by atoms with van der Waals surface area (Å²) in [6.45, 7) is 15.5. The first kappa shape index (κ1) is 25.0. The third-order valence-corrected chi connectivity index (χ3v) is 9.33. The maximum absolute atomic E-state index is 5.90. The van der Waals surface area contributed by atoms with Crippen LogP contribution >= 0.6 is 0 Å². The van der Waals surface area contributed by atoms with Crippen LogP contribution in [0.3, 0.4) is 0 Å². The largest absolute Gasteiger partial charge is 0.398 e. The van der Waals surface area contributed by atoms with Crippen molar-refractivity contribution in [2.24, 2.45) is 5.41 Å². The van der Waals surface area contributed by atoms with Crippen molar-refractivity contribution in [2.45, 2.75) is 46.2 Å². The maximum atomic E-state index is 5.90. The van der Waals surface area contributed by atoms with E-state index in [1.165, 1.54) is 0 Å². The van der Waals surface area contributed by atoms with Crippen molar-refractivity contribution in [2.75, 3.05) is 74.6 Å². The third-order valence-electron chi connectivity index (χ3n) is 5.75. The molecule has 0 aliphatic rings. The minimum atomic E-state index is -2.07. The topological polar surface area (TPSA) is 28.2 Å². The van der Waals surface area contributed by atoms with Crippen molar-refractivity contribution in [3.8, 4) is 0 Å². The average Bonchev–Trinajstić information content (AvgIpc) is 2.62. The van der Waals surface area contributed by atoms with Gasteiger partial charge in [0.25, 0.3) is 0 Å². The van der Waals surface area contributed by atoms with E-state index in [-0.39, 0.29) is 5.41 Å². The first-order chi connectivity index (χ1) is 11.8. The molecule has 5 nitrogen and oxygen atoms in total. The molecule has 0 aromatic rings. The van der Waals surface area contributed by atoms with Crippen molar-refractivity contribution in [3.05, 3.63) is 0 Å². The van der Waals surface area contributed by atoms with E-state index in [0.717, 1.165) is 57.8 Å². The Hall–Kier alpha value is 0.0169. The van der Waals surface area contributed by atoms with Gasteiger partial charge in [0.05, 0.1) is 0 Å². The Bertz CT molecular complexity index is 301. The highest BCUT2D eigenvalue weighted by Gasteiger charge is 2.40. The molecule has 0 aliphatic heterocycles. The lowest BCUT2D eigenvalue weighted by Gasteiger charge is -2.43. The molecule has 0 saturated carbocycles. The maximum Gasteiger partial charge on any atom is 0.337 e. The monoisotopic (exact) mass is 375 g/mol. The van der Waals surface area contributed by atoms with Gasteiger partial charge in [0, 0.05) is 39.3 Å². The zero-order valence-corrected chi connectivity index (χ0v) is 19.5. The van der Waals surface area contributed by atoms with Crippen LogP contribution in [0.5, 0.6) is 0 Å². The molecule has 0 spiro atoms. The predicted octanol–water partition coefficient (Wildman–Crippen LogP) is 2.97. The fraction of sp³-hybridized carbons (Fsp3) is 1.00. The van der Waals surface area contributed by atoms with Crippen LogP contribution in [0.15, 0.2) is 0 Å². The lowest BCUT2D eigenvalue weighted by molar-refractivity contribution is 0.0766. The minimum absolute atomic E-state index is 0.227. The zero-order valence-electron chi connectivity index (χ0n) is 18.5. The number of hydrogen-bond acceptors (Lipinski definition) is 5. The Labute approximate surface area is 158 Å². The molecule has 25 heavy (non-hydrogen) atoms. The molecule has 0 unspecified atom stereocenters. The molecule has 0 fully saturated rings. The van der Waals surface area contributed by atoms with Crippen LogP contribution in [0.4, 0.5) is 0 Å². The summed E-state index contributed by atoms with van der Waals surface area (Å²) in [6.07, 6.45) is 1.15. The molecule has 0 aliphatic carbocycles. The Kier molecular flexibility index (Phi) is 12.4. The number of nitrogens with zero attached hydrogens (tertiary/aromatic N) is 3. The summed E-state index contributed by atoms with van der Waals surface area (Å²) in [4.78, 5) is 7.38. The Morgan fingerprint density at radius 3 is 1.32 bits per heavy atom. The first-order valence-electron chi connectivity index (χ1n) is 9.91. The second-order valence-electron chi connectivity index (χ2n) is 7.66. The summed E-state index contributed by atoms with van der Waals surface area (Å²) in [6, 6.07) is 2.07. The van der Waals surface area contributed by atoms with Gasteiger partial charge in [-0.1, -0.05) is 27.7 Å². The molecule has 152 valence electrons. The van der Waals surface area contributed by atoms with E-state index < -0.39 is 8.56 Å². The smallest absolute Gasteiger partial charge is 0.337 e. The van der Waals surface area contributed by atoms with Crippen molar-refractivity contribution < 1.29 is 8.85 Å². The predicted molar refractivity (Wildman–Crippen MR) is 112 cm³/mol. The molecule has 6 heteroatoms. The second-order valence-corrected chi connectivity index (χ2v) is 11.5. The third kappa shape index (κ3) is 8.50. The summed E-state index contributed by atoms with van der Waals surface area (Å²) >= 11 is 0. The van der Waals surface area contributed by atoms with E-state index in [9.17, 15) is 0 Å². The molecule has 0 atom stereocenters. The quantitative estimate of drug-likeness (QED) is 0.410. The van der Waals surface area contributed by atoms with Gasteiger partial charge < -0.3 is 23.6 Å². The summed E-state index contributed by atoms with van der Waals surface area (Å²) in [5, 5.41) is 0. The Morgan fingerprint density at radius 1 is 0.720 bits per heavy atom. The van der Waals surface area contributed by atoms with Crippen molar-refractivity contribution in [1.29, 1.82) is 0 Å². The van der Waals surface area contributed by atoms with Crippen LogP contribution < -0.4 is 0 Å². The zero-order chi connectivity index (χ0) is 19.5. The van der Waals surface area contributed by atoms with E-state index in [4.69, 9.17) is 8.85 Å². The van der Waals surface area contributed by atoms with E-state index in [2.05, 4.69) is 63.5 Å². The van der Waals surface area contributed by atoms with Gasteiger partial charge in [-0.05, 0) is 59.3 Å². The van der Waals surface area contributed by atoms with Crippen LogP contribution in [0.25, 0.3) is 0 Å². The average molecular weight is 376 g/mol. The van der Waals surface area contributed by atoms with Gasteiger partial charge in [-0.25, -0.2) is 0 Å². The molecular weight excluding hydrogens is 330 g/mol. The number of rotatable bonds is 15. The van der Waals surface area contributed by atoms with Crippen LogP contribution in [0.2, 0.25) is 12.1 Å². The standard InChI is InChI=1S/C19H45N3O2Si/c1-10-20(5)16-19(17-21(6)11-2,18-22(7)12-3)14-15-25(13-4,23-8)24-9/h10-18H2,1-9H3. The highest BCUT2D eigenvalue weighted by Crippen LogP contribution is 2.32. The molecule has 0 radical (unpaired) electrons. The van der Waals surface area contributed by atoms with E-state index >= 15 is 0 Å². The normalized spacial score (nSPS) is 13.4. The van der Waals surface area contributed by atoms with Gasteiger partial charge in [0.15, 0.2) is 0 Å². The minimum Gasteiger partial charge on any atom is -0.398 e. The molecule has 0 N–H and O–H groups in total. The fourth-order valence-corrected chi connectivity index (χ4v) is 6.07. The van der Waals surface area contributed by atoms with Gasteiger partial charge in [-0.15, -0.1) is 0 Å². The van der Waals surface area contributed by atoms with Crippen molar-refractivity contribution in [3.63, 3.8) is 0 Å². The summed E-state index contributed by atoms with van der Waals surface area (Å²) in [7, 11) is 8.31. The lowest BCUT2D eigenvalue weighted by atomic mass is 9.83. The van der Waals surface area contributed by atoms with E-state index in [1.807, 2.05) is 14.2 Å². The van der Waals surface area contributed by atoms with Crippen LogP contribution in [-0.2, 0) is 8.85 Å². The van der Waals surface area contributed by atoms with Crippen molar-refractivity contribution >= 4 is 8.56 Å². The van der Waals surface area contributed by atoms with Crippen LogP contribution in [0.1, 0.15) is 34.1 Å². The van der Waals surface area contributed by atoms with E-state index in [1.54, 1.807) is 0 Å². The Morgan fingerprint density at radius 2 is 1.08 bits per heavy atom. The highest BCUT2D eigenvalue weighted by atomic mass is 28.4. The highest BCUT2D eigenvalue weighted by molar-refractivity contribution is 6.67. The number of hydrogen-bond donors (Lipinski definition) is 0. The first-order valence-corrected chi connectivity index (χ1v) is 12.1. The Balaban J connectivity index is 5.53. The van der Waals surface area contributed by atoms with Gasteiger partial charge in [-0.3, -0.25) is 0 Å². The summed E-state index contributed by atoms with van der Waals surface area (Å²) < 4.78 is 11.8. The molecule has 0 bridgehead atoms.